The highest BCUT2D eigenvalue weighted by Gasteiger charge is 2.45. The number of fused-ring (bicyclic) bond motifs is 3. The van der Waals surface area contributed by atoms with E-state index in [1.54, 1.807) is 6.26 Å². The fraction of sp³-hybridized carbons (Fsp3) is 0.500. The molecule has 0 aliphatic carbocycles. The van der Waals surface area contributed by atoms with Crippen LogP contribution in [0.15, 0.2) is 9.95 Å². The Hall–Kier alpha value is -2.11. The van der Waals surface area contributed by atoms with Crippen LogP contribution >= 0.6 is 23.4 Å². The van der Waals surface area contributed by atoms with Gasteiger partial charge >= 0.3 is 6.09 Å². The van der Waals surface area contributed by atoms with E-state index in [4.69, 9.17) is 16.3 Å². The van der Waals surface area contributed by atoms with Crippen LogP contribution in [0.2, 0.25) is 5.15 Å². The molecule has 2 aromatic heterocycles. The van der Waals surface area contributed by atoms with Gasteiger partial charge in [-0.25, -0.2) is 14.2 Å². The van der Waals surface area contributed by atoms with Crippen LogP contribution in [0.4, 0.5) is 9.18 Å². The molecule has 2 aliphatic rings. The van der Waals surface area contributed by atoms with Crippen molar-refractivity contribution in [2.45, 2.75) is 36.1 Å². The summed E-state index contributed by atoms with van der Waals surface area (Å²) in [6, 6.07) is -0.569. The number of aromatic amines is 1. The van der Waals surface area contributed by atoms with Crippen molar-refractivity contribution in [3.63, 3.8) is 0 Å². The Bertz CT molecular complexity index is 1010. The van der Waals surface area contributed by atoms with Crippen molar-refractivity contribution in [1.29, 1.82) is 0 Å². The number of carboxylic acid groups (broad SMARTS) is 1. The minimum Gasteiger partial charge on any atom is -0.475 e. The number of hydrogen-bond donors (Lipinski definition) is 3. The number of pyridine rings is 1. The number of rotatable bonds is 4. The van der Waals surface area contributed by atoms with Crippen LogP contribution < -0.4 is 15.6 Å². The van der Waals surface area contributed by atoms with Gasteiger partial charge in [-0.3, -0.25) is 9.69 Å². The van der Waals surface area contributed by atoms with Crippen LogP contribution in [-0.2, 0) is 0 Å². The standard InChI is InChI=1S/C16H17ClFN5O4S/c1-28-15-20-11-9(13(24)22-15)14(21-12(17)10(11)18)27-5-7-8-3-2-6(4-19-7)23(8)16(25)26/h6-8,19H,2-5H2,1H3,(H,25,26)(H,20,22,24)/t6-,7-,8+/m1/s1. The summed E-state index contributed by atoms with van der Waals surface area (Å²) in [4.78, 5) is 35.9. The fourth-order valence-corrected chi connectivity index (χ4v) is 4.41. The summed E-state index contributed by atoms with van der Waals surface area (Å²) in [5.74, 6) is -1.02. The first-order valence-corrected chi connectivity index (χ1v) is 10.2. The van der Waals surface area contributed by atoms with Gasteiger partial charge in [0, 0.05) is 12.6 Å². The fourth-order valence-electron chi connectivity index (χ4n) is 3.87. The first-order chi connectivity index (χ1) is 13.4. The summed E-state index contributed by atoms with van der Waals surface area (Å²) in [6.45, 7) is 0.573. The maximum Gasteiger partial charge on any atom is 0.407 e. The predicted octanol–water partition coefficient (Wildman–Crippen LogP) is 1.69. The third-order valence-corrected chi connectivity index (χ3v) is 5.97. The van der Waals surface area contributed by atoms with Gasteiger partial charge in [0.1, 0.15) is 17.5 Å². The lowest BCUT2D eigenvalue weighted by Crippen LogP contribution is -2.61. The molecule has 4 heterocycles. The number of nitrogens with one attached hydrogen (secondary N) is 2. The van der Waals surface area contributed by atoms with Crippen molar-refractivity contribution in [2.24, 2.45) is 0 Å². The topological polar surface area (TPSA) is 120 Å². The summed E-state index contributed by atoms with van der Waals surface area (Å²) in [6.07, 6.45) is 2.23. The minimum atomic E-state index is -0.961. The van der Waals surface area contributed by atoms with Gasteiger partial charge < -0.3 is 20.1 Å². The Labute approximate surface area is 167 Å². The van der Waals surface area contributed by atoms with E-state index in [1.807, 2.05) is 0 Å². The summed E-state index contributed by atoms with van der Waals surface area (Å²) in [5, 5.41) is 12.4. The predicted molar refractivity (Wildman–Crippen MR) is 101 cm³/mol. The Morgan fingerprint density at radius 3 is 2.96 bits per heavy atom. The smallest absolute Gasteiger partial charge is 0.407 e. The van der Waals surface area contributed by atoms with Gasteiger partial charge in [0.2, 0.25) is 5.88 Å². The van der Waals surface area contributed by atoms with E-state index in [9.17, 15) is 19.1 Å². The minimum absolute atomic E-state index is 0.0463. The van der Waals surface area contributed by atoms with Crippen molar-refractivity contribution < 1.29 is 19.0 Å². The molecule has 2 bridgehead atoms. The molecule has 2 fully saturated rings. The molecule has 0 unspecified atom stereocenters. The van der Waals surface area contributed by atoms with Crippen molar-refractivity contribution in [3.8, 4) is 5.88 Å². The zero-order chi connectivity index (χ0) is 20.0. The third kappa shape index (κ3) is 3.16. The van der Waals surface area contributed by atoms with Crippen LogP contribution in [0.5, 0.6) is 5.88 Å². The first-order valence-electron chi connectivity index (χ1n) is 8.61. The molecule has 3 N–H and O–H groups in total. The largest absolute Gasteiger partial charge is 0.475 e. The number of carbonyl (C=O) groups is 1. The number of H-pyrrole nitrogens is 1. The number of hydrogen-bond acceptors (Lipinski definition) is 7. The van der Waals surface area contributed by atoms with E-state index < -0.39 is 22.6 Å². The molecule has 0 radical (unpaired) electrons. The number of nitrogens with zero attached hydrogens (tertiary/aromatic N) is 3. The highest BCUT2D eigenvalue weighted by atomic mass is 35.5. The lowest BCUT2D eigenvalue weighted by Gasteiger charge is -2.38. The monoisotopic (exact) mass is 429 g/mol. The Morgan fingerprint density at radius 1 is 1.46 bits per heavy atom. The van der Waals surface area contributed by atoms with E-state index in [-0.39, 0.29) is 46.7 Å². The van der Waals surface area contributed by atoms with E-state index >= 15 is 0 Å². The Kier molecular flexibility index (Phi) is 5.06. The van der Waals surface area contributed by atoms with Gasteiger partial charge in [0.15, 0.2) is 16.1 Å². The average Bonchev–Trinajstić information content (AvgIpc) is 2.99. The second kappa shape index (κ2) is 7.37. The molecule has 0 aromatic carbocycles. The second-order valence-electron chi connectivity index (χ2n) is 6.63. The van der Waals surface area contributed by atoms with Crippen LogP contribution in [0.3, 0.4) is 0 Å². The molecule has 0 saturated carbocycles. The van der Waals surface area contributed by atoms with Gasteiger partial charge in [-0.1, -0.05) is 23.4 Å². The number of halogens is 2. The van der Waals surface area contributed by atoms with Crippen LogP contribution in [-0.4, -0.2) is 68.6 Å². The average molecular weight is 430 g/mol. The number of piperazine rings is 1. The van der Waals surface area contributed by atoms with Crippen LogP contribution in [0, 0.1) is 5.82 Å². The van der Waals surface area contributed by atoms with Crippen molar-refractivity contribution in [2.75, 3.05) is 19.4 Å². The number of amides is 1. The summed E-state index contributed by atoms with van der Waals surface area (Å²) < 4.78 is 20.1. The molecular weight excluding hydrogens is 413 g/mol. The van der Waals surface area contributed by atoms with Crippen LogP contribution in [0.25, 0.3) is 10.9 Å². The van der Waals surface area contributed by atoms with Gasteiger partial charge in [0.25, 0.3) is 5.56 Å². The SMILES string of the molecule is CSc1nc2c(F)c(Cl)nc(OC[C@H]3NC[C@H]4CC[C@@H]3N4C(=O)O)c2c(=O)[nH]1. The molecule has 1 amide bonds. The molecule has 9 nitrogen and oxygen atoms in total. The van der Waals surface area contributed by atoms with E-state index in [0.29, 0.717) is 6.54 Å². The van der Waals surface area contributed by atoms with E-state index in [1.165, 1.54) is 4.90 Å². The summed E-state index contributed by atoms with van der Waals surface area (Å²) >= 11 is 7.02. The van der Waals surface area contributed by atoms with Gasteiger partial charge in [-0.05, 0) is 19.1 Å². The van der Waals surface area contributed by atoms with Crippen molar-refractivity contribution >= 4 is 40.4 Å². The van der Waals surface area contributed by atoms with Gasteiger partial charge in [-0.2, -0.15) is 4.98 Å². The summed E-state index contributed by atoms with van der Waals surface area (Å²) in [7, 11) is 0. The van der Waals surface area contributed by atoms with Crippen molar-refractivity contribution in [1.82, 2.24) is 25.2 Å². The zero-order valence-corrected chi connectivity index (χ0v) is 16.3. The van der Waals surface area contributed by atoms with E-state index in [2.05, 4.69) is 20.3 Å². The van der Waals surface area contributed by atoms with Gasteiger partial charge in [0.05, 0.1) is 12.1 Å². The molecule has 12 heteroatoms. The number of aromatic nitrogens is 3. The molecular formula is C16H17ClFN5O4S. The lowest BCUT2D eigenvalue weighted by molar-refractivity contribution is 0.0779. The second-order valence-corrected chi connectivity index (χ2v) is 7.79. The zero-order valence-electron chi connectivity index (χ0n) is 14.7. The summed E-state index contributed by atoms with van der Waals surface area (Å²) in [5.41, 5.74) is -0.801. The highest BCUT2D eigenvalue weighted by Crippen LogP contribution is 2.31. The van der Waals surface area contributed by atoms with E-state index in [0.717, 1.165) is 24.6 Å². The molecule has 28 heavy (non-hydrogen) atoms. The number of ether oxygens (including phenoxy) is 1. The molecule has 150 valence electrons. The normalized spacial score (nSPS) is 24.0. The molecule has 2 saturated heterocycles. The lowest BCUT2D eigenvalue weighted by atomic mass is 10.1. The molecule has 2 aliphatic heterocycles. The number of thioether (sulfide) groups is 1. The maximum absolute atomic E-state index is 14.4. The highest BCUT2D eigenvalue weighted by molar-refractivity contribution is 7.98. The Balaban J connectivity index is 1.64. The first kappa shape index (κ1) is 19.2. The molecule has 0 spiro atoms. The molecule has 2 aromatic rings. The molecule has 4 rings (SSSR count). The van der Waals surface area contributed by atoms with Gasteiger partial charge in [-0.15, -0.1) is 0 Å². The van der Waals surface area contributed by atoms with Crippen LogP contribution in [0.1, 0.15) is 12.8 Å². The quantitative estimate of drug-likeness (QED) is 0.381. The van der Waals surface area contributed by atoms with Crippen molar-refractivity contribution in [3.05, 3.63) is 21.3 Å². The molecule has 3 atom stereocenters. The maximum atomic E-state index is 14.4. The Morgan fingerprint density at radius 2 is 2.25 bits per heavy atom. The third-order valence-electron chi connectivity index (χ3n) is 5.14.